The van der Waals surface area contributed by atoms with Crippen LogP contribution in [0.5, 0.6) is 0 Å². The second-order valence-electron chi connectivity index (χ2n) is 4.98. The number of aromatic nitrogens is 3. The Morgan fingerprint density at radius 1 is 1.39 bits per heavy atom. The van der Waals surface area contributed by atoms with Gasteiger partial charge in [-0.25, -0.2) is 9.78 Å². The van der Waals surface area contributed by atoms with Gasteiger partial charge in [-0.15, -0.1) is 11.8 Å². The third-order valence-electron chi connectivity index (χ3n) is 3.35. The lowest BCUT2D eigenvalue weighted by atomic mass is 10.1. The van der Waals surface area contributed by atoms with Gasteiger partial charge in [-0.1, -0.05) is 17.7 Å². The van der Waals surface area contributed by atoms with Gasteiger partial charge in [0, 0.05) is 29.1 Å². The van der Waals surface area contributed by atoms with Crippen molar-refractivity contribution in [3.05, 3.63) is 52.9 Å². The number of benzene rings is 1. The van der Waals surface area contributed by atoms with Crippen LogP contribution in [0.2, 0.25) is 5.15 Å². The summed E-state index contributed by atoms with van der Waals surface area (Å²) in [5, 5.41) is 5.24. The zero-order valence-corrected chi connectivity index (χ0v) is 14.2. The number of hydrogen-bond donors (Lipinski definition) is 0. The summed E-state index contributed by atoms with van der Waals surface area (Å²) >= 11 is 7.85. The van der Waals surface area contributed by atoms with Gasteiger partial charge in [0.15, 0.2) is 0 Å². The summed E-state index contributed by atoms with van der Waals surface area (Å²) in [6.07, 6.45) is 5.08. The molecule has 0 radical (unpaired) electrons. The fourth-order valence-electron chi connectivity index (χ4n) is 2.15. The molecule has 7 heteroatoms. The highest BCUT2D eigenvalue weighted by atomic mass is 35.5. The van der Waals surface area contributed by atoms with Gasteiger partial charge < -0.3 is 4.74 Å². The molecule has 0 fully saturated rings. The second-order valence-corrected chi connectivity index (χ2v) is 6.21. The molecule has 0 N–H and O–H groups in total. The Hall–Kier alpha value is -2.05. The van der Waals surface area contributed by atoms with Crippen LogP contribution in [0.4, 0.5) is 0 Å². The number of ether oxygens (including phenoxy) is 1. The van der Waals surface area contributed by atoms with Crippen LogP contribution in [0, 0.1) is 0 Å². The molecular formula is C16H14ClN3O2S. The molecule has 2 heterocycles. The molecule has 3 rings (SSSR count). The van der Waals surface area contributed by atoms with E-state index in [4.69, 9.17) is 16.3 Å². The van der Waals surface area contributed by atoms with Gasteiger partial charge in [0.1, 0.15) is 11.8 Å². The molecule has 2 aromatic heterocycles. The monoisotopic (exact) mass is 347 g/mol. The van der Waals surface area contributed by atoms with Crippen LogP contribution in [0.1, 0.15) is 15.9 Å². The van der Waals surface area contributed by atoms with Gasteiger partial charge in [0.25, 0.3) is 0 Å². The van der Waals surface area contributed by atoms with E-state index in [9.17, 15) is 4.79 Å². The fraction of sp³-hybridized carbons (Fsp3) is 0.188. The highest BCUT2D eigenvalue weighted by Crippen LogP contribution is 2.25. The molecule has 118 valence electrons. The van der Waals surface area contributed by atoms with Crippen LogP contribution >= 0.6 is 23.4 Å². The molecule has 5 nitrogen and oxygen atoms in total. The molecule has 0 unspecified atom stereocenters. The predicted molar refractivity (Wildman–Crippen MR) is 90.9 cm³/mol. The zero-order valence-electron chi connectivity index (χ0n) is 12.6. The first-order valence-corrected chi connectivity index (χ1v) is 8.46. The van der Waals surface area contributed by atoms with Crippen LogP contribution in [-0.2, 0) is 18.4 Å². The number of thioether (sulfide) groups is 1. The van der Waals surface area contributed by atoms with Gasteiger partial charge in [-0.3, -0.25) is 4.68 Å². The number of rotatable bonds is 4. The Balaban J connectivity index is 1.80. The Morgan fingerprint density at radius 2 is 2.22 bits per heavy atom. The molecule has 3 aromatic rings. The van der Waals surface area contributed by atoms with Crippen LogP contribution < -0.4 is 0 Å². The van der Waals surface area contributed by atoms with Gasteiger partial charge in [-0.05, 0) is 24.5 Å². The highest BCUT2D eigenvalue weighted by Gasteiger charge is 2.12. The van der Waals surface area contributed by atoms with E-state index >= 15 is 0 Å². The van der Waals surface area contributed by atoms with E-state index in [1.54, 1.807) is 29.7 Å². The van der Waals surface area contributed by atoms with Gasteiger partial charge in [-0.2, -0.15) is 5.10 Å². The van der Waals surface area contributed by atoms with Crippen molar-refractivity contribution in [1.82, 2.24) is 14.8 Å². The number of pyridine rings is 1. The molecule has 0 aliphatic carbocycles. The summed E-state index contributed by atoms with van der Waals surface area (Å²) in [6.45, 7) is 0.0692. The molecular weight excluding hydrogens is 334 g/mol. The number of hydrogen-bond acceptors (Lipinski definition) is 5. The molecule has 0 aliphatic rings. The first-order valence-electron chi connectivity index (χ1n) is 6.86. The van der Waals surface area contributed by atoms with Crippen molar-refractivity contribution in [1.29, 1.82) is 0 Å². The smallest absolute Gasteiger partial charge is 0.341 e. The van der Waals surface area contributed by atoms with Crippen molar-refractivity contribution in [2.45, 2.75) is 11.5 Å². The minimum Gasteiger partial charge on any atom is -0.457 e. The normalized spacial score (nSPS) is 10.9. The summed E-state index contributed by atoms with van der Waals surface area (Å²) in [7, 11) is 1.74. The summed E-state index contributed by atoms with van der Waals surface area (Å²) < 4.78 is 6.83. The van der Waals surface area contributed by atoms with E-state index < -0.39 is 5.97 Å². The topological polar surface area (TPSA) is 57.0 Å². The third kappa shape index (κ3) is 3.48. The maximum absolute atomic E-state index is 11.9. The molecule has 0 amide bonds. The highest BCUT2D eigenvalue weighted by molar-refractivity contribution is 7.98. The Kier molecular flexibility index (Phi) is 4.54. The number of carbonyl (C=O) groups is 1. The number of aryl methyl sites for hydroxylation is 1. The van der Waals surface area contributed by atoms with Crippen LogP contribution in [0.25, 0.3) is 10.9 Å². The van der Waals surface area contributed by atoms with E-state index in [2.05, 4.69) is 10.1 Å². The van der Waals surface area contributed by atoms with E-state index in [1.165, 1.54) is 6.20 Å². The van der Waals surface area contributed by atoms with Gasteiger partial charge >= 0.3 is 5.97 Å². The van der Waals surface area contributed by atoms with Crippen molar-refractivity contribution in [3.8, 4) is 0 Å². The van der Waals surface area contributed by atoms with Crippen molar-refractivity contribution in [2.75, 3.05) is 6.26 Å². The molecule has 1 aromatic carbocycles. The SMILES string of the molecule is CSc1ccc2cc(COC(=O)c3cnn(C)c3)c(Cl)nc2c1. The zero-order chi connectivity index (χ0) is 16.4. The lowest BCUT2D eigenvalue weighted by Crippen LogP contribution is -2.05. The molecule has 0 aliphatic heterocycles. The average molecular weight is 348 g/mol. The van der Waals surface area contributed by atoms with Crippen LogP contribution in [0.3, 0.4) is 0 Å². The molecule has 0 bridgehead atoms. The first kappa shape index (κ1) is 15.8. The Morgan fingerprint density at radius 3 is 2.91 bits per heavy atom. The number of fused-ring (bicyclic) bond motifs is 1. The van der Waals surface area contributed by atoms with E-state index in [-0.39, 0.29) is 6.61 Å². The molecule has 0 spiro atoms. The largest absolute Gasteiger partial charge is 0.457 e. The van der Waals surface area contributed by atoms with E-state index in [1.807, 2.05) is 30.5 Å². The maximum Gasteiger partial charge on any atom is 0.341 e. The van der Waals surface area contributed by atoms with Gasteiger partial charge in [0.2, 0.25) is 0 Å². The van der Waals surface area contributed by atoms with Crippen molar-refractivity contribution in [2.24, 2.45) is 7.05 Å². The number of halogens is 1. The molecule has 23 heavy (non-hydrogen) atoms. The average Bonchev–Trinajstić information content (AvgIpc) is 2.98. The quantitative estimate of drug-likeness (QED) is 0.409. The molecule has 0 saturated carbocycles. The Bertz CT molecular complexity index is 879. The number of carbonyl (C=O) groups excluding carboxylic acids is 1. The van der Waals surface area contributed by atoms with Crippen molar-refractivity contribution in [3.63, 3.8) is 0 Å². The second kappa shape index (κ2) is 6.60. The van der Waals surface area contributed by atoms with E-state index in [0.29, 0.717) is 16.3 Å². The lowest BCUT2D eigenvalue weighted by Gasteiger charge is -2.08. The lowest BCUT2D eigenvalue weighted by molar-refractivity contribution is 0.0472. The first-order chi connectivity index (χ1) is 11.1. The third-order valence-corrected chi connectivity index (χ3v) is 4.40. The summed E-state index contributed by atoms with van der Waals surface area (Å²) in [6, 6.07) is 7.88. The predicted octanol–water partition coefficient (Wildman–Crippen LogP) is 3.70. The fourth-order valence-corrected chi connectivity index (χ4v) is 2.78. The minimum absolute atomic E-state index is 0.0692. The summed E-state index contributed by atoms with van der Waals surface area (Å²) in [5.41, 5.74) is 1.90. The van der Waals surface area contributed by atoms with Crippen molar-refractivity contribution < 1.29 is 9.53 Å². The van der Waals surface area contributed by atoms with E-state index in [0.717, 1.165) is 15.8 Å². The van der Waals surface area contributed by atoms with Crippen LogP contribution in [-0.4, -0.2) is 27.0 Å². The number of esters is 1. The number of nitrogens with zero attached hydrogens (tertiary/aromatic N) is 3. The van der Waals surface area contributed by atoms with Crippen LogP contribution in [0.15, 0.2) is 41.6 Å². The Labute approximate surface area is 142 Å². The standard InChI is InChI=1S/C16H14ClN3O2S/c1-20-8-12(7-18-20)16(21)22-9-11-5-10-3-4-13(23-2)6-14(10)19-15(11)17/h3-8H,9H2,1-2H3. The molecule has 0 atom stereocenters. The summed E-state index contributed by atoms with van der Waals surface area (Å²) in [5.74, 6) is -0.438. The van der Waals surface area contributed by atoms with Crippen molar-refractivity contribution >= 4 is 40.2 Å². The minimum atomic E-state index is -0.438. The maximum atomic E-state index is 11.9. The molecule has 0 saturated heterocycles. The summed E-state index contributed by atoms with van der Waals surface area (Å²) in [4.78, 5) is 17.5. The van der Waals surface area contributed by atoms with Gasteiger partial charge in [0.05, 0.1) is 17.3 Å².